The first-order valence-electron chi connectivity index (χ1n) is 7.27. The van der Waals surface area contributed by atoms with Crippen molar-refractivity contribution in [1.82, 2.24) is 0 Å². The van der Waals surface area contributed by atoms with Crippen molar-refractivity contribution in [2.24, 2.45) is 0 Å². The molecule has 0 fully saturated rings. The van der Waals surface area contributed by atoms with E-state index in [0.717, 1.165) is 16.9 Å². The number of benzene rings is 2. The van der Waals surface area contributed by atoms with E-state index in [-0.39, 0.29) is 5.78 Å². The number of carbonyl (C=O) groups is 1. The van der Waals surface area contributed by atoms with Crippen molar-refractivity contribution in [2.45, 2.75) is 6.92 Å². The Morgan fingerprint density at radius 1 is 1.04 bits per heavy atom. The van der Waals surface area contributed by atoms with Crippen LogP contribution >= 0.6 is 11.6 Å². The quantitative estimate of drug-likeness (QED) is 0.448. The number of ketones is 1. The molecule has 2 aromatic carbocycles. The molecule has 1 aromatic heterocycles. The summed E-state index contributed by atoms with van der Waals surface area (Å²) in [6, 6.07) is 18.6. The fourth-order valence-corrected chi connectivity index (χ4v) is 2.38. The maximum atomic E-state index is 12.0. The molecule has 0 spiro atoms. The molecule has 0 aliphatic carbocycles. The largest absolute Gasteiger partial charge is 0.457 e. The van der Waals surface area contributed by atoms with Gasteiger partial charge in [-0.25, -0.2) is 0 Å². The van der Waals surface area contributed by atoms with E-state index in [0.29, 0.717) is 16.3 Å². The van der Waals surface area contributed by atoms with Crippen LogP contribution in [-0.4, -0.2) is 5.78 Å². The molecule has 0 saturated heterocycles. The average molecular weight is 323 g/mol. The number of carbonyl (C=O) groups excluding carboxylic acids is 1. The molecule has 0 atom stereocenters. The van der Waals surface area contributed by atoms with Crippen molar-refractivity contribution in [3.63, 3.8) is 0 Å². The summed E-state index contributed by atoms with van der Waals surface area (Å²) >= 11 is 6.14. The lowest BCUT2D eigenvalue weighted by molar-refractivity contribution is 0.104. The first-order valence-corrected chi connectivity index (χ1v) is 7.65. The first kappa shape index (κ1) is 15.3. The molecule has 0 radical (unpaired) electrons. The van der Waals surface area contributed by atoms with E-state index in [1.54, 1.807) is 18.2 Å². The minimum Gasteiger partial charge on any atom is -0.457 e. The summed E-state index contributed by atoms with van der Waals surface area (Å²) in [5.41, 5.74) is 2.59. The van der Waals surface area contributed by atoms with E-state index in [2.05, 4.69) is 0 Å². The van der Waals surface area contributed by atoms with Crippen molar-refractivity contribution in [1.29, 1.82) is 0 Å². The Bertz CT molecular complexity index is 860. The first-order chi connectivity index (χ1) is 11.1. The molecule has 0 saturated carbocycles. The van der Waals surface area contributed by atoms with Gasteiger partial charge in [-0.3, -0.25) is 4.79 Å². The molecule has 3 rings (SSSR count). The van der Waals surface area contributed by atoms with Gasteiger partial charge in [0.15, 0.2) is 5.78 Å². The minimum atomic E-state index is -0.0538. The van der Waals surface area contributed by atoms with E-state index in [9.17, 15) is 4.79 Å². The van der Waals surface area contributed by atoms with Gasteiger partial charge in [0, 0.05) is 16.1 Å². The highest BCUT2D eigenvalue weighted by Gasteiger charge is 2.06. The van der Waals surface area contributed by atoms with Gasteiger partial charge in [0.05, 0.1) is 0 Å². The lowest BCUT2D eigenvalue weighted by Crippen LogP contribution is -1.92. The summed E-state index contributed by atoms with van der Waals surface area (Å²) < 4.78 is 5.75. The van der Waals surface area contributed by atoms with Gasteiger partial charge < -0.3 is 4.42 Å². The van der Waals surface area contributed by atoms with Crippen LogP contribution in [0.5, 0.6) is 0 Å². The molecule has 23 heavy (non-hydrogen) atoms. The Balaban J connectivity index is 1.78. The molecular formula is C20H15ClO2. The summed E-state index contributed by atoms with van der Waals surface area (Å²) in [5, 5.41) is 0.704. The van der Waals surface area contributed by atoms with Crippen LogP contribution in [0.25, 0.3) is 17.4 Å². The maximum Gasteiger partial charge on any atom is 0.185 e. The van der Waals surface area contributed by atoms with Crippen molar-refractivity contribution < 1.29 is 9.21 Å². The molecule has 3 aromatic rings. The highest BCUT2D eigenvalue weighted by molar-refractivity contribution is 6.31. The number of hydrogen-bond acceptors (Lipinski definition) is 2. The zero-order valence-corrected chi connectivity index (χ0v) is 13.4. The van der Waals surface area contributed by atoms with E-state index >= 15 is 0 Å². The second-order valence-electron chi connectivity index (χ2n) is 5.23. The third-order valence-electron chi connectivity index (χ3n) is 3.54. The van der Waals surface area contributed by atoms with E-state index in [4.69, 9.17) is 16.0 Å². The highest BCUT2D eigenvalue weighted by atomic mass is 35.5. The topological polar surface area (TPSA) is 30.2 Å². The average Bonchev–Trinajstić information content (AvgIpc) is 3.05. The van der Waals surface area contributed by atoms with Gasteiger partial charge in [-0.1, -0.05) is 54.1 Å². The SMILES string of the molecule is Cc1ccc(-c2ccc(C=CC(=O)c3ccccc3)o2)cc1Cl. The van der Waals surface area contributed by atoms with E-state index in [1.807, 2.05) is 55.5 Å². The fourth-order valence-electron chi connectivity index (χ4n) is 2.20. The molecule has 0 amide bonds. The standard InChI is InChI=1S/C20H15ClO2/c1-14-7-8-16(13-18(14)21)20-12-10-17(23-20)9-11-19(22)15-5-3-2-4-6-15/h2-13H,1H3. The van der Waals surface area contributed by atoms with Gasteiger partial charge in [0.1, 0.15) is 11.5 Å². The van der Waals surface area contributed by atoms with Gasteiger partial charge in [-0.2, -0.15) is 0 Å². The molecule has 0 aliphatic heterocycles. The Morgan fingerprint density at radius 3 is 2.57 bits per heavy atom. The maximum absolute atomic E-state index is 12.0. The summed E-state index contributed by atoms with van der Waals surface area (Å²) in [6.07, 6.45) is 3.19. The molecular weight excluding hydrogens is 308 g/mol. The fraction of sp³-hybridized carbons (Fsp3) is 0.0500. The zero-order valence-electron chi connectivity index (χ0n) is 12.6. The summed E-state index contributed by atoms with van der Waals surface area (Å²) in [7, 11) is 0. The highest BCUT2D eigenvalue weighted by Crippen LogP contribution is 2.27. The molecule has 0 N–H and O–H groups in total. The van der Waals surface area contributed by atoms with Crippen LogP contribution in [0.1, 0.15) is 21.7 Å². The van der Waals surface area contributed by atoms with E-state index < -0.39 is 0 Å². The summed E-state index contributed by atoms with van der Waals surface area (Å²) in [6.45, 7) is 1.96. The third-order valence-corrected chi connectivity index (χ3v) is 3.95. The number of rotatable bonds is 4. The van der Waals surface area contributed by atoms with Crippen LogP contribution in [0.2, 0.25) is 5.02 Å². The second-order valence-corrected chi connectivity index (χ2v) is 5.64. The molecule has 1 heterocycles. The number of allylic oxidation sites excluding steroid dienone is 1. The van der Waals surface area contributed by atoms with Gasteiger partial charge in [-0.05, 0) is 42.8 Å². The van der Waals surface area contributed by atoms with Crippen molar-refractivity contribution >= 4 is 23.5 Å². The minimum absolute atomic E-state index is 0.0538. The van der Waals surface area contributed by atoms with Crippen LogP contribution in [0, 0.1) is 6.92 Å². The number of furan rings is 1. The number of halogens is 1. The summed E-state index contributed by atoms with van der Waals surface area (Å²) in [5.74, 6) is 1.29. The molecule has 114 valence electrons. The van der Waals surface area contributed by atoms with Crippen molar-refractivity contribution in [3.05, 3.63) is 88.6 Å². The third kappa shape index (κ3) is 3.61. The van der Waals surface area contributed by atoms with Crippen LogP contribution in [0.15, 0.2) is 71.2 Å². The summed E-state index contributed by atoms with van der Waals surface area (Å²) in [4.78, 5) is 12.0. The molecule has 0 unspecified atom stereocenters. The number of aryl methyl sites for hydroxylation is 1. The zero-order chi connectivity index (χ0) is 16.2. The van der Waals surface area contributed by atoms with Crippen LogP contribution in [0.4, 0.5) is 0 Å². The van der Waals surface area contributed by atoms with Crippen molar-refractivity contribution in [3.8, 4) is 11.3 Å². The lowest BCUT2D eigenvalue weighted by Gasteiger charge is -2.00. The van der Waals surface area contributed by atoms with Gasteiger partial charge >= 0.3 is 0 Å². The Morgan fingerprint density at radius 2 is 1.83 bits per heavy atom. The monoisotopic (exact) mass is 322 g/mol. The molecule has 3 heteroatoms. The van der Waals surface area contributed by atoms with Gasteiger partial charge in [-0.15, -0.1) is 0 Å². The van der Waals surface area contributed by atoms with Crippen molar-refractivity contribution in [2.75, 3.05) is 0 Å². The predicted octanol–water partition coefficient (Wildman–Crippen LogP) is 5.80. The molecule has 0 bridgehead atoms. The lowest BCUT2D eigenvalue weighted by atomic mass is 10.1. The van der Waals surface area contributed by atoms with E-state index in [1.165, 1.54) is 6.08 Å². The van der Waals surface area contributed by atoms with Crippen LogP contribution < -0.4 is 0 Å². The Hall–Kier alpha value is -2.58. The van der Waals surface area contributed by atoms with Gasteiger partial charge in [0.2, 0.25) is 0 Å². The smallest absolute Gasteiger partial charge is 0.185 e. The van der Waals surface area contributed by atoms with Crippen LogP contribution in [0.3, 0.4) is 0 Å². The number of hydrogen-bond donors (Lipinski definition) is 0. The Labute approximate surface area is 140 Å². The van der Waals surface area contributed by atoms with Crippen LogP contribution in [-0.2, 0) is 0 Å². The Kier molecular flexibility index (Phi) is 4.45. The molecule has 0 aliphatic rings. The normalized spacial score (nSPS) is 11.0. The predicted molar refractivity (Wildman–Crippen MR) is 93.7 cm³/mol. The molecule has 2 nitrogen and oxygen atoms in total. The second kappa shape index (κ2) is 6.67. The van der Waals surface area contributed by atoms with Gasteiger partial charge in [0.25, 0.3) is 0 Å².